The van der Waals surface area contributed by atoms with Crippen LogP contribution in [-0.2, 0) is 16.0 Å². The summed E-state index contributed by atoms with van der Waals surface area (Å²) in [5.74, 6) is 0.000727. The molecule has 2 fully saturated rings. The number of amides is 2. The Morgan fingerprint density at radius 2 is 2.00 bits per heavy atom. The molecule has 0 spiro atoms. The van der Waals surface area contributed by atoms with Gasteiger partial charge in [-0.15, -0.1) is 0 Å². The van der Waals surface area contributed by atoms with Crippen molar-refractivity contribution in [1.82, 2.24) is 4.90 Å². The van der Waals surface area contributed by atoms with Crippen LogP contribution < -0.4 is 4.90 Å². The molecule has 1 aromatic rings. The molecule has 5 nitrogen and oxygen atoms in total. The molecule has 2 saturated heterocycles. The number of aliphatic hydroxyl groups excluding tert-OH is 1. The highest BCUT2D eigenvalue weighted by atomic mass is 16.3. The van der Waals surface area contributed by atoms with Crippen LogP contribution in [0.2, 0.25) is 0 Å². The van der Waals surface area contributed by atoms with Crippen molar-refractivity contribution in [3.05, 3.63) is 29.8 Å². The molecule has 0 saturated carbocycles. The maximum atomic E-state index is 12.8. The van der Waals surface area contributed by atoms with Crippen LogP contribution >= 0.6 is 0 Å². The number of hydrogen-bond donors (Lipinski definition) is 1. The molecule has 2 aliphatic heterocycles. The van der Waals surface area contributed by atoms with Crippen LogP contribution in [0.3, 0.4) is 0 Å². The summed E-state index contributed by atoms with van der Waals surface area (Å²) in [5, 5.41) is 9.33. The number of nitrogens with zero attached hydrogens (tertiary/aromatic N) is 2. The zero-order chi connectivity index (χ0) is 17.1. The number of likely N-dealkylation sites (tertiary alicyclic amines) is 1. The fraction of sp³-hybridized carbons (Fsp3) is 0.579. The van der Waals surface area contributed by atoms with Gasteiger partial charge in [0, 0.05) is 38.3 Å². The number of benzene rings is 1. The van der Waals surface area contributed by atoms with E-state index in [0.717, 1.165) is 31.5 Å². The van der Waals surface area contributed by atoms with Crippen LogP contribution in [0, 0.1) is 11.8 Å². The van der Waals surface area contributed by atoms with Gasteiger partial charge in [0.15, 0.2) is 0 Å². The van der Waals surface area contributed by atoms with E-state index in [4.69, 9.17) is 0 Å². The molecule has 0 bridgehead atoms. The number of carbonyl (C=O) groups excluding carboxylic acids is 2. The van der Waals surface area contributed by atoms with Crippen molar-refractivity contribution in [2.24, 2.45) is 11.8 Å². The van der Waals surface area contributed by atoms with Gasteiger partial charge in [0.05, 0.1) is 5.92 Å². The number of aliphatic hydroxyl groups is 1. The van der Waals surface area contributed by atoms with E-state index < -0.39 is 0 Å². The van der Waals surface area contributed by atoms with E-state index in [1.165, 1.54) is 5.56 Å². The summed E-state index contributed by atoms with van der Waals surface area (Å²) in [6.07, 6.45) is 3.16. The molecular formula is C19H26N2O3. The van der Waals surface area contributed by atoms with Crippen LogP contribution in [0.15, 0.2) is 24.3 Å². The minimum atomic E-state index is -0.263. The number of aryl methyl sites for hydroxylation is 1. The molecule has 2 heterocycles. The molecule has 1 aromatic carbocycles. The Hall–Kier alpha value is -1.88. The first-order valence-electron chi connectivity index (χ1n) is 8.91. The average molecular weight is 330 g/mol. The molecule has 0 aliphatic carbocycles. The molecule has 130 valence electrons. The van der Waals surface area contributed by atoms with E-state index in [-0.39, 0.29) is 36.7 Å². The second kappa shape index (κ2) is 7.34. The first-order valence-corrected chi connectivity index (χ1v) is 8.91. The van der Waals surface area contributed by atoms with Crippen molar-refractivity contribution in [2.75, 3.05) is 31.1 Å². The Balaban J connectivity index is 1.66. The third-order valence-corrected chi connectivity index (χ3v) is 5.22. The van der Waals surface area contributed by atoms with Crippen molar-refractivity contribution in [3.63, 3.8) is 0 Å². The molecule has 0 aromatic heterocycles. The van der Waals surface area contributed by atoms with Gasteiger partial charge in [-0.25, -0.2) is 0 Å². The van der Waals surface area contributed by atoms with Gasteiger partial charge in [-0.05, 0) is 42.9 Å². The van der Waals surface area contributed by atoms with E-state index in [9.17, 15) is 14.7 Å². The van der Waals surface area contributed by atoms with Crippen LogP contribution in [-0.4, -0.2) is 48.1 Å². The van der Waals surface area contributed by atoms with Crippen molar-refractivity contribution >= 4 is 17.5 Å². The summed E-state index contributed by atoms with van der Waals surface area (Å²) < 4.78 is 0. The van der Waals surface area contributed by atoms with Crippen LogP contribution in [0.4, 0.5) is 5.69 Å². The minimum absolute atomic E-state index is 0.0216. The lowest BCUT2D eigenvalue weighted by Crippen LogP contribution is -2.44. The van der Waals surface area contributed by atoms with E-state index in [2.05, 4.69) is 6.92 Å². The Kier molecular flexibility index (Phi) is 5.19. The second-order valence-corrected chi connectivity index (χ2v) is 6.90. The Morgan fingerprint density at radius 1 is 1.25 bits per heavy atom. The highest BCUT2D eigenvalue weighted by Gasteiger charge is 2.38. The number of anilines is 1. The van der Waals surface area contributed by atoms with Gasteiger partial charge in [0.2, 0.25) is 11.8 Å². The largest absolute Gasteiger partial charge is 0.396 e. The van der Waals surface area contributed by atoms with E-state index in [1.54, 1.807) is 4.90 Å². The van der Waals surface area contributed by atoms with Crippen LogP contribution in [0.1, 0.15) is 31.7 Å². The van der Waals surface area contributed by atoms with Crippen molar-refractivity contribution in [2.45, 2.75) is 32.6 Å². The smallest absolute Gasteiger partial charge is 0.228 e. The third kappa shape index (κ3) is 3.46. The quantitative estimate of drug-likeness (QED) is 0.916. The molecule has 24 heavy (non-hydrogen) atoms. The monoisotopic (exact) mass is 330 g/mol. The maximum Gasteiger partial charge on any atom is 0.228 e. The molecule has 3 rings (SSSR count). The SMILES string of the molecule is CCc1ccc(N2CC(C(=O)N3CCCC(CO)C3)CC2=O)cc1. The standard InChI is InChI=1S/C19H26N2O3/c1-2-14-5-7-17(8-6-14)21-12-16(10-18(21)23)19(24)20-9-3-4-15(11-20)13-22/h5-8,15-16,22H,2-4,9-13H2,1H3. The van der Waals surface area contributed by atoms with Gasteiger partial charge in [0.1, 0.15) is 0 Å². The van der Waals surface area contributed by atoms with Crippen molar-refractivity contribution in [1.29, 1.82) is 0 Å². The maximum absolute atomic E-state index is 12.8. The molecule has 2 aliphatic rings. The van der Waals surface area contributed by atoms with Crippen LogP contribution in [0.25, 0.3) is 0 Å². The topological polar surface area (TPSA) is 60.9 Å². The summed E-state index contributed by atoms with van der Waals surface area (Å²) in [6.45, 7) is 4.05. The van der Waals surface area contributed by atoms with E-state index in [0.29, 0.717) is 13.1 Å². The van der Waals surface area contributed by atoms with Gasteiger partial charge >= 0.3 is 0 Å². The van der Waals surface area contributed by atoms with Gasteiger partial charge in [-0.1, -0.05) is 19.1 Å². The highest BCUT2D eigenvalue weighted by molar-refractivity contribution is 6.00. The third-order valence-electron chi connectivity index (χ3n) is 5.22. The van der Waals surface area contributed by atoms with Gasteiger partial charge in [-0.2, -0.15) is 0 Å². The fourth-order valence-electron chi connectivity index (χ4n) is 3.71. The molecule has 2 amide bonds. The van der Waals surface area contributed by atoms with Crippen molar-refractivity contribution < 1.29 is 14.7 Å². The number of hydrogen-bond acceptors (Lipinski definition) is 3. The Morgan fingerprint density at radius 3 is 2.67 bits per heavy atom. The van der Waals surface area contributed by atoms with E-state index in [1.807, 2.05) is 29.2 Å². The second-order valence-electron chi connectivity index (χ2n) is 6.90. The zero-order valence-corrected chi connectivity index (χ0v) is 14.3. The highest BCUT2D eigenvalue weighted by Crippen LogP contribution is 2.28. The summed E-state index contributed by atoms with van der Waals surface area (Å²) in [6, 6.07) is 8.00. The lowest BCUT2D eigenvalue weighted by Gasteiger charge is -2.33. The van der Waals surface area contributed by atoms with Crippen molar-refractivity contribution in [3.8, 4) is 0 Å². The van der Waals surface area contributed by atoms with Gasteiger partial charge in [0.25, 0.3) is 0 Å². The molecule has 5 heteroatoms. The zero-order valence-electron chi connectivity index (χ0n) is 14.3. The number of carbonyl (C=O) groups is 2. The predicted molar refractivity (Wildman–Crippen MR) is 92.7 cm³/mol. The predicted octanol–water partition coefficient (Wildman–Crippen LogP) is 1.83. The molecule has 2 atom stereocenters. The van der Waals surface area contributed by atoms with Crippen LogP contribution in [0.5, 0.6) is 0 Å². The number of rotatable bonds is 4. The lowest BCUT2D eigenvalue weighted by molar-refractivity contribution is -0.137. The normalized spacial score (nSPS) is 24.5. The number of piperidine rings is 1. The van der Waals surface area contributed by atoms with E-state index >= 15 is 0 Å². The Bertz CT molecular complexity index is 599. The molecule has 0 radical (unpaired) electrons. The summed E-state index contributed by atoms with van der Waals surface area (Å²) in [4.78, 5) is 28.7. The molecule has 2 unspecified atom stereocenters. The fourth-order valence-corrected chi connectivity index (χ4v) is 3.71. The average Bonchev–Trinajstić information content (AvgIpc) is 3.03. The lowest BCUT2D eigenvalue weighted by atomic mass is 9.97. The van der Waals surface area contributed by atoms with Gasteiger partial charge < -0.3 is 14.9 Å². The summed E-state index contributed by atoms with van der Waals surface area (Å²) >= 11 is 0. The summed E-state index contributed by atoms with van der Waals surface area (Å²) in [7, 11) is 0. The first kappa shape index (κ1) is 17.0. The first-order chi connectivity index (χ1) is 11.6. The molecule has 1 N–H and O–H groups in total. The molecular weight excluding hydrogens is 304 g/mol. The summed E-state index contributed by atoms with van der Waals surface area (Å²) in [5.41, 5.74) is 2.11. The van der Waals surface area contributed by atoms with Gasteiger partial charge in [-0.3, -0.25) is 9.59 Å². The Labute approximate surface area is 143 Å². The minimum Gasteiger partial charge on any atom is -0.396 e.